The highest BCUT2D eigenvalue weighted by Crippen LogP contribution is 2.17. The molecule has 2 N–H and O–H groups in total. The van der Waals surface area contributed by atoms with Crippen molar-refractivity contribution in [3.8, 4) is 5.75 Å². The van der Waals surface area contributed by atoms with E-state index in [1.165, 1.54) is 11.1 Å². The Morgan fingerprint density at radius 2 is 1.90 bits per heavy atom. The molecule has 0 fully saturated rings. The maximum Gasteiger partial charge on any atom is 0.255 e. The molecule has 0 unspecified atom stereocenters. The summed E-state index contributed by atoms with van der Waals surface area (Å²) < 4.78 is 0. The van der Waals surface area contributed by atoms with Gasteiger partial charge in [-0.05, 0) is 43.5 Å². The SMILES string of the molecule is Cc1ccc(O)c(C(=O)NCCc2ccccc2C)c1. The van der Waals surface area contributed by atoms with Crippen molar-refractivity contribution in [2.24, 2.45) is 0 Å². The molecule has 0 saturated carbocycles. The Balaban J connectivity index is 1.96. The fourth-order valence-corrected chi connectivity index (χ4v) is 2.13. The number of carbonyl (C=O) groups is 1. The third-order valence-corrected chi connectivity index (χ3v) is 3.34. The van der Waals surface area contributed by atoms with E-state index < -0.39 is 0 Å². The average molecular weight is 269 g/mol. The lowest BCUT2D eigenvalue weighted by molar-refractivity contribution is 0.0951. The van der Waals surface area contributed by atoms with Crippen molar-refractivity contribution in [1.29, 1.82) is 0 Å². The van der Waals surface area contributed by atoms with Crippen molar-refractivity contribution >= 4 is 5.91 Å². The van der Waals surface area contributed by atoms with Crippen LogP contribution >= 0.6 is 0 Å². The van der Waals surface area contributed by atoms with Crippen molar-refractivity contribution < 1.29 is 9.90 Å². The molecule has 2 rings (SSSR count). The standard InChI is InChI=1S/C17H19NO2/c1-12-7-8-16(19)15(11-12)17(20)18-10-9-14-6-4-3-5-13(14)2/h3-8,11,19H,9-10H2,1-2H3,(H,18,20). The highest BCUT2D eigenvalue weighted by Gasteiger charge is 2.10. The number of nitrogens with one attached hydrogen (secondary N) is 1. The molecule has 3 heteroatoms. The molecule has 0 spiro atoms. The van der Waals surface area contributed by atoms with E-state index >= 15 is 0 Å². The van der Waals surface area contributed by atoms with Gasteiger partial charge in [-0.1, -0.05) is 35.9 Å². The zero-order chi connectivity index (χ0) is 14.5. The van der Waals surface area contributed by atoms with Crippen LogP contribution in [0.3, 0.4) is 0 Å². The van der Waals surface area contributed by atoms with Crippen molar-refractivity contribution in [2.45, 2.75) is 20.3 Å². The van der Waals surface area contributed by atoms with Gasteiger partial charge >= 0.3 is 0 Å². The second-order valence-corrected chi connectivity index (χ2v) is 4.95. The number of carbonyl (C=O) groups excluding carboxylic acids is 1. The van der Waals surface area contributed by atoms with Gasteiger partial charge in [0.1, 0.15) is 5.75 Å². The minimum Gasteiger partial charge on any atom is -0.507 e. The molecule has 3 nitrogen and oxygen atoms in total. The smallest absolute Gasteiger partial charge is 0.255 e. The number of hydrogen-bond donors (Lipinski definition) is 2. The van der Waals surface area contributed by atoms with Gasteiger partial charge in [-0.2, -0.15) is 0 Å². The van der Waals surface area contributed by atoms with E-state index in [-0.39, 0.29) is 11.7 Å². The van der Waals surface area contributed by atoms with Gasteiger partial charge in [-0.3, -0.25) is 4.79 Å². The van der Waals surface area contributed by atoms with E-state index in [1.807, 2.05) is 19.1 Å². The number of hydrogen-bond acceptors (Lipinski definition) is 2. The number of phenols is 1. The molecule has 0 saturated heterocycles. The number of aryl methyl sites for hydroxylation is 2. The van der Waals surface area contributed by atoms with E-state index in [9.17, 15) is 9.90 Å². The first kappa shape index (κ1) is 14.1. The minimum absolute atomic E-state index is 0.0176. The highest BCUT2D eigenvalue weighted by atomic mass is 16.3. The van der Waals surface area contributed by atoms with E-state index in [0.717, 1.165) is 12.0 Å². The summed E-state index contributed by atoms with van der Waals surface area (Å²) in [6, 6.07) is 13.1. The van der Waals surface area contributed by atoms with Crippen molar-refractivity contribution in [2.75, 3.05) is 6.54 Å². The summed E-state index contributed by atoms with van der Waals surface area (Å²) in [5, 5.41) is 12.5. The Hall–Kier alpha value is -2.29. The van der Waals surface area contributed by atoms with Crippen LogP contribution in [0.4, 0.5) is 0 Å². The Bertz CT molecular complexity index is 620. The topological polar surface area (TPSA) is 49.3 Å². The number of phenolic OH excluding ortho intramolecular Hbond substituents is 1. The lowest BCUT2D eigenvalue weighted by Gasteiger charge is -2.09. The number of aromatic hydroxyl groups is 1. The van der Waals surface area contributed by atoms with Gasteiger partial charge in [0.2, 0.25) is 0 Å². The van der Waals surface area contributed by atoms with Crippen LogP contribution in [0, 0.1) is 13.8 Å². The fourth-order valence-electron chi connectivity index (χ4n) is 2.13. The van der Waals surface area contributed by atoms with Crippen molar-refractivity contribution in [1.82, 2.24) is 5.32 Å². The first-order chi connectivity index (χ1) is 9.58. The van der Waals surface area contributed by atoms with Crippen LogP contribution in [0.15, 0.2) is 42.5 Å². The molecule has 0 bridgehead atoms. The maximum absolute atomic E-state index is 12.0. The summed E-state index contributed by atoms with van der Waals surface area (Å²) in [6.07, 6.45) is 0.783. The molecule has 104 valence electrons. The van der Waals surface area contributed by atoms with Crippen LogP contribution in [0.25, 0.3) is 0 Å². The summed E-state index contributed by atoms with van der Waals surface area (Å²) in [6.45, 7) is 4.50. The van der Waals surface area contributed by atoms with Crippen LogP contribution < -0.4 is 5.32 Å². The third kappa shape index (κ3) is 3.38. The quantitative estimate of drug-likeness (QED) is 0.896. The van der Waals surface area contributed by atoms with Gasteiger partial charge in [-0.25, -0.2) is 0 Å². The number of rotatable bonds is 4. The summed E-state index contributed by atoms with van der Waals surface area (Å²) in [5.74, 6) is -0.219. The summed E-state index contributed by atoms with van der Waals surface area (Å²) >= 11 is 0. The van der Waals surface area contributed by atoms with Gasteiger partial charge in [0.25, 0.3) is 5.91 Å². The normalized spacial score (nSPS) is 10.3. The minimum atomic E-state index is -0.236. The molecule has 0 aromatic heterocycles. The zero-order valence-corrected chi connectivity index (χ0v) is 11.8. The largest absolute Gasteiger partial charge is 0.507 e. The molecule has 2 aromatic rings. The van der Waals surface area contributed by atoms with Gasteiger partial charge < -0.3 is 10.4 Å². The first-order valence-corrected chi connectivity index (χ1v) is 6.70. The molecule has 0 aliphatic heterocycles. The van der Waals surface area contributed by atoms with Gasteiger partial charge in [0, 0.05) is 6.54 Å². The number of benzene rings is 2. The zero-order valence-electron chi connectivity index (χ0n) is 11.8. The molecule has 1 amide bonds. The van der Waals surface area contributed by atoms with Crippen molar-refractivity contribution in [3.63, 3.8) is 0 Å². The number of amides is 1. The predicted molar refractivity (Wildman–Crippen MR) is 80.1 cm³/mol. The lowest BCUT2D eigenvalue weighted by Crippen LogP contribution is -2.26. The molecule has 0 heterocycles. The van der Waals surface area contributed by atoms with Crippen LogP contribution in [0.2, 0.25) is 0 Å². The summed E-state index contributed by atoms with van der Waals surface area (Å²) in [7, 11) is 0. The Kier molecular flexibility index (Phi) is 4.41. The van der Waals surface area contributed by atoms with Crippen LogP contribution in [0.5, 0.6) is 5.75 Å². The van der Waals surface area contributed by atoms with Gasteiger partial charge in [0.15, 0.2) is 0 Å². The molecule has 2 aromatic carbocycles. The Morgan fingerprint density at radius 3 is 2.65 bits per heavy atom. The molecular weight excluding hydrogens is 250 g/mol. The third-order valence-electron chi connectivity index (χ3n) is 3.34. The average Bonchev–Trinajstić information content (AvgIpc) is 2.43. The van der Waals surface area contributed by atoms with E-state index in [4.69, 9.17) is 0 Å². The van der Waals surface area contributed by atoms with Gasteiger partial charge in [-0.15, -0.1) is 0 Å². The summed E-state index contributed by atoms with van der Waals surface area (Å²) in [4.78, 5) is 12.0. The second kappa shape index (κ2) is 6.24. The van der Waals surface area contributed by atoms with Crippen LogP contribution in [-0.2, 0) is 6.42 Å². The molecular formula is C17H19NO2. The van der Waals surface area contributed by atoms with Crippen LogP contribution in [-0.4, -0.2) is 17.6 Å². The molecule has 0 aliphatic carbocycles. The predicted octanol–water partition coefficient (Wildman–Crippen LogP) is 2.98. The lowest BCUT2D eigenvalue weighted by atomic mass is 10.1. The van der Waals surface area contributed by atoms with E-state index in [1.54, 1.807) is 18.2 Å². The molecule has 20 heavy (non-hydrogen) atoms. The fraction of sp³-hybridized carbons (Fsp3) is 0.235. The summed E-state index contributed by atoms with van der Waals surface area (Å²) in [5.41, 5.74) is 3.73. The van der Waals surface area contributed by atoms with Gasteiger partial charge in [0.05, 0.1) is 5.56 Å². The maximum atomic E-state index is 12.0. The van der Waals surface area contributed by atoms with Crippen molar-refractivity contribution in [3.05, 3.63) is 64.7 Å². The van der Waals surface area contributed by atoms with Crippen LogP contribution in [0.1, 0.15) is 27.0 Å². The first-order valence-electron chi connectivity index (χ1n) is 6.70. The van der Waals surface area contributed by atoms with E-state index in [2.05, 4.69) is 24.4 Å². The molecule has 0 radical (unpaired) electrons. The highest BCUT2D eigenvalue weighted by molar-refractivity contribution is 5.96. The second-order valence-electron chi connectivity index (χ2n) is 4.95. The van der Waals surface area contributed by atoms with E-state index in [0.29, 0.717) is 12.1 Å². The Morgan fingerprint density at radius 1 is 1.15 bits per heavy atom. The monoisotopic (exact) mass is 269 g/mol. The molecule has 0 aliphatic rings. The molecule has 0 atom stereocenters. The Labute approximate surface area is 119 Å².